The summed E-state index contributed by atoms with van der Waals surface area (Å²) in [7, 11) is 0. The average Bonchev–Trinajstić information content (AvgIpc) is 2.36. The number of rotatable bonds is 6. The summed E-state index contributed by atoms with van der Waals surface area (Å²) < 4.78 is 14.9. The van der Waals surface area contributed by atoms with Gasteiger partial charge < -0.3 is 14.2 Å². The van der Waals surface area contributed by atoms with Crippen molar-refractivity contribution < 1.29 is 28.6 Å². The summed E-state index contributed by atoms with van der Waals surface area (Å²) in [6.45, 7) is 3.92. The number of hydrogen-bond donors (Lipinski definition) is 0. The Bertz CT molecular complexity index is 367. The molecule has 0 N–H and O–H groups in total. The molecule has 0 unspecified atom stereocenters. The molecule has 0 fully saturated rings. The molecule has 1 aliphatic rings. The standard InChI is InChI=1S/C13H18O6/c1-3-17-12(15)11(13(16)18-4-2)8-10-7-9(14)5-6-19-10/h7,11H,3-6,8H2,1-2H3. The van der Waals surface area contributed by atoms with E-state index in [0.717, 1.165) is 0 Å². The van der Waals surface area contributed by atoms with Gasteiger partial charge in [-0.25, -0.2) is 0 Å². The molecule has 19 heavy (non-hydrogen) atoms. The van der Waals surface area contributed by atoms with Gasteiger partial charge in [-0.05, 0) is 13.8 Å². The Kier molecular flexibility index (Phi) is 6.05. The predicted molar refractivity (Wildman–Crippen MR) is 65.0 cm³/mol. The molecular weight excluding hydrogens is 252 g/mol. The Labute approximate surface area is 111 Å². The summed E-state index contributed by atoms with van der Waals surface area (Å²) in [5.41, 5.74) is 0. The van der Waals surface area contributed by atoms with Gasteiger partial charge in [0.1, 0.15) is 5.76 Å². The Morgan fingerprint density at radius 3 is 2.32 bits per heavy atom. The average molecular weight is 270 g/mol. The van der Waals surface area contributed by atoms with Crippen LogP contribution in [-0.4, -0.2) is 37.5 Å². The molecule has 0 aromatic carbocycles. The van der Waals surface area contributed by atoms with Crippen LogP contribution < -0.4 is 0 Å². The molecule has 106 valence electrons. The monoisotopic (exact) mass is 270 g/mol. The van der Waals surface area contributed by atoms with Crippen LogP contribution in [0.2, 0.25) is 0 Å². The first-order valence-electron chi connectivity index (χ1n) is 6.28. The van der Waals surface area contributed by atoms with E-state index in [0.29, 0.717) is 12.2 Å². The Balaban J connectivity index is 2.75. The van der Waals surface area contributed by atoms with Crippen molar-refractivity contribution in [2.45, 2.75) is 26.7 Å². The molecule has 0 aromatic rings. The molecule has 0 saturated heterocycles. The highest BCUT2D eigenvalue weighted by Gasteiger charge is 2.32. The molecule has 1 rings (SSSR count). The quantitative estimate of drug-likeness (QED) is 0.529. The van der Waals surface area contributed by atoms with Crippen LogP contribution in [0.15, 0.2) is 11.8 Å². The van der Waals surface area contributed by atoms with Crippen molar-refractivity contribution in [3.63, 3.8) is 0 Å². The lowest BCUT2D eigenvalue weighted by Crippen LogP contribution is -2.29. The Hall–Kier alpha value is -1.85. The van der Waals surface area contributed by atoms with Crippen LogP contribution in [-0.2, 0) is 28.6 Å². The van der Waals surface area contributed by atoms with Gasteiger partial charge in [0.15, 0.2) is 11.7 Å². The van der Waals surface area contributed by atoms with Crippen molar-refractivity contribution >= 4 is 17.7 Å². The van der Waals surface area contributed by atoms with Gasteiger partial charge in [0.05, 0.1) is 19.8 Å². The van der Waals surface area contributed by atoms with Crippen LogP contribution in [0.25, 0.3) is 0 Å². The molecule has 0 spiro atoms. The van der Waals surface area contributed by atoms with Gasteiger partial charge in [-0.3, -0.25) is 14.4 Å². The summed E-state index contributed by atoms with van der Waals surface area (Å²) in [5, 5.41) is 0. The third-order valence-corrected chi connectivity index (χ3v) is 2.51. The molecule has 6 heteroatoms. The molecule has 0 aromatic heterocycles. The molecule has 0 radical (unpaired) electrons. The van der Waals surface area contributed by atoms with E-state index in [9.17, 15) is 14.4 Å². The number of carbonyl (C=O) groups excluding carboxylic acids is 3. The maximum Gasteiger partial charge on any atom is 0.320 e. The van der Waals surface area contributed by atoms with E-state index in [4.69, 9.17) is 14.2 Å². The summed E-state index contributed by atoms with van der Waals surface area (Å²) >= 11 is 0. The number of carbonyl (C=O) groups is 3. The minimum absolute atomic E-state index is 0.0105. The Morgan fingerprint density at radius 1 is 1.26 bits per heavy atom. The van der Waals surface area contributed by atoms with E-state index < -0.39 is 17.9 Å². The maximum atomic E-state index is 11.7. The van der Waals surface area contributed by atoms with E-state index in [1.807, 2.05) is 0 Å². The predicted octanol–water partition coefficient (Wildman–Crippen LogP) is 0.992. The molecule has 1 aliphatic heterocycles. The highest BCUT2D eigenvalue weighted by Crippen LogP contribution is 2.19. The smallest absolute Gasteiger partial charge is 0.320 e. The first kappa shape index (κ1) is 15.2. The lowest BCUT2D eigenvalue weighted by molar-refractivity contribution is -0.162. The second kappa shape index (κ2) is 7.56. The van der Waals surface area contributed by atoms with Crippen molar-refractivity contribution in [3.05, 3.63) is 11.8 Å². The van der Waals surface area contributed by atoms with Gasteiger partial charge in [-0.2, -0.15) is 0 Å². The molecule has 6 nitrogen and oxygen atoms in total. The Morgan fingerprint density at radius 2 is 1.84 bits per heavy atom. The second-order valence-corrected chi connectivity index (χ2v) is 3.94. The number of esters is 2. The van der Waals surface area contributed by atoms with E-state index in [2.05, 4.69) is 0 Å². The zero-order chi connectivity index (χ0) is 14.3. The minimum atomic E-state index is -1.09. The minimum Gasteiger partial charge on any atom is -0.497 e. The first-order valence-corrected chi connectivity index (χ1v) is 6.28. The fourth-order valence-corrected chi connectivity index (χ4v) is 1.64. The summed E-state index contributed by atoms with van der Waals surface area (Å²) in [6, 6.07) is 0. The second-order valence-electron chi connectivity index (χ2n) is 3.94. The van der Waals surface area contributed by atoms with Crippen LogP contribution in [0.1, 0.15) is 26.7 Å². The summed E-state index contributed by atoms with van der Waals surface area (Å²) in [6.07, 6.45) is 1.62. The molecule has 0 saturated carbocycles. The third-order valence-electron chi connectivity index (χ3n) is 2.51. The normalized spacial score (nSPS) is 14.7. The molecule has 0 atom stereocenters. The van der Waals surface area contributed by atoms with Crippen LogP contribution >= 0.6 is 0 Å². The lowest BCUT2D eigenvalue weighted by Gasteiger charge is -2.18. The van der Waals surface area contributed by atoms with Crippen molar-refractivity contribution in [3.8, 4) is 0 Å². The fraction of sp³-hybridized carbons (Fsp3) is 0.615. The molecule has 0 bridgehead atoms. The lowest BCUT2D eigenvalue weighted by atomic mass is 10.0. The zero-order valence-corrected chi connectivity index (χ0v) is 11.1. The number of allylic oxidation sites excluding steroid dienone is 2. The van der Waals surface area contributed by atoms with Gasteiger partial charge in [0, 0.05) is 18.9 Å². The number of hydrogen-bond acceptors (Lipinski definition) is 6. The molecular formula is C13H18O6. The topological polar surface area (TPSA) is 78.9 Å². The SMILES string of the molecule is CCOC(=O)C(CC1=CC(=O)CCO1)C(=O)OCC. The van der Waals surface area contributed by atoms with E-state index in [1.165, 1.54) is 6.08 Å². The zero-order valence-electron chi connectivity index (χ0n) is 11.1. The van der Waals surface area contributed by atoms with Crippen LogP contribution in [0.5, 0.6) is 0 Å². The number of ether oxygens (including phenoxy) is 3. The van der Waals surface area contributed by atoms with Crippen molar-refractivity contribution in [2.75, 3.05) is 19.8 Å². The molecule has 0 amide bonds. The van der Waals surface area contributed by atoms with Gasteiger partial charge in [0.25, 0.3) is 0 Å². The fourth-order valence-electron chi connectivity index (χ4n) is 1.64. The van der Waals surface area contributed by atoms with E-state index in [-0.39, 0.29) is 32.0 Å². The van der Waals surface area contributed by atoms with Gasteiger partial charge in [-0.15, -0.1) is 0 Å². The maximum absolute atomic E-state index is 11.7. The van der Waals surface area contributed by atoms with Gasteiger partial charge in [0.2, 0.25) is 0 Å². The van der Waals surface area contributed by atoms with E-state index in [1.54, 1.807) is 13.8 Å². The molecule has 1 heterocycles. The highest BCUT2D eigenvalue weighted by atomic mass is 16.6. The first-order chi connectivity index (χ1) is 9.08. The molecule has 0 aliphatic carbocycles. The third kappa shape index (κ3) is 4.73. The van der Waals surface area contributed by atoms with Crippen molar-refractivity contribution in [1.29, 1.82) is 0 Å². The summed E-state index contributed by atoms with van der Waals surface area (Å²) in [4.78, 5) is 34.7. The summed E-state index contributed by atoms with van der Waals surface area (Å²) in [5.74, 6) is -2.17. The van der Waals surface area contributed by atoms with Crippen LogP contribution in [0.4, 0.5) is 0 Å². The van der Waals surface area contributed by atoms with Crippen molar-refractivity contribution in [1.82, 2.24) is 0 Å². The van der Waals surface area contributed by atoms with Gasteiger partial charge in [-0.1, -0.05) is 0 Å². The van der Waals surface area contributed by atoms with E-state index >= 15 is 0 Å². The largest absolute Gasteiger partial charge is 0.497 e. The van der Waals surface area contributed by atoms with Gasteiger partial charge >= 0.3 is 11.9 Å². The van der Waals surface area contributed by atoms with Crippen LogP contribution in [0, 0.1) is 5.92 Å². The van der Waals surface area contributed by atoms with Crippen LogP contribution in [0.3, 0.4) is 0 Å². The van der Waals surface area contributed by atoms with Crippen molar-refractivity contribution in [2.24, 2.45) is 5.92 Å². The number of ketones is 1. The highest BCUT2D eigenvalue weighted by molar-refractivity contribution is 5.96.